The summed E-state index contributed by atoms with van der Waals surface area (Å²) < 4.78 is 0. The second-order valence-corrected chi connectivity index (χ2v) is 2.73. The Bertz CT molecular complexity index is 312. The van der Waals surface area contributed by atoms with Crippen LogP contribution in [0.5, 0.6) is 0 Å². The van der Waals surface area contributed by atoms with Gasteiger partial charge in [0.15, 0.2) is 0 Å². The van der Waals surface area contributed by atoms with Crippen LogP contribution in [-0.2, 0) is 4.79 Å². The quantitative estimate of drug-likeness (QED) is 0.718. The van der Waals surface area contributed by atoms with Crippen LogP contribution in [0.15, 0.2) is 36.4 Å². The Kier molecular flexibility index (Phi) is 3.26. The first-order chi connectivity index (χ1) is 6.24. The van der Waals surface area contributed by atoms with E-state index in [0.717, 1.165) is 17.6 Å². The number of benzene rings is 1. The topological polar surface area (TPSA) is 37.3 Å². The van der Waals surface area contributed by atoms with Gasteiger partial charge in [-0.05, 0) is 17.6 Å². The average Bonchev–Trinajstić information content (AvgIpc) is 2.15. The molecule has 0 spiro atoms. The van der Waals surface area contributed by atoms with Gasteiger partial charge in [-0.2, -0.15) is 0 Å². The van der Waals surface area contributed by atoms with Crippen LogP contribution in [0.4, 0.5) is 0 Å². The maximum absolute atomic E-state index is 10.5. The fourth-order valence-electron chi connectivity index (χ4n) is 1.19. The molecule has 1 rings (SSSR count). The maximum Gasteiger partial charge on any atom is 0.328 e. The van der Waals surface area contributed by atoms with E-state index in [-0.39, 0.29) is 0 Å². The standard InChI is InChI=1S/C11H12O2/c1-2-9(8-11(12)13)10-6-4-3-5-7-10/h3-8H,2H2,1H3,(H,12,13)/b9-8+. The summed E-state index contributed by atoms with van der Waals surface area (Å²) in [6, 6.07) is 9.55. The van der Waals surface area contributed by atoms with E-state index in [2.05, 4.69) is 0 Å². The molecule has 1 aromatic carbocycles. The van der Waals surface area contributed by atoms with Crippen LogP contribution in [0.3, 0.4) is 0 Å². The molecule has 0 heterocycles. The molecule has 0 saturated heterocycles. The van der Waals surface area contributed by atoms with E-state index in [0.29, 0.717) is 0 Å². The maximum atomic E-state index is 10.5. The number of rotatable bonds is 3. The first-order valence-electron chi connectivity index (χ1n) is 4.23. The zero-order valence-electron chi connectivity index (χ0n) is 7.53. The summed E-state index contributed by atoms with van der Waals surface area (Å²) in [6.45, 7) is 1.95. The number of aliphatic carboxylic acids is 1. The summed E-state index contributed by atoms with van der Waals surface area (Å²) >= 11 is 0. The van der Waals surface area contributed by atoms with E-state index in [1.165, 1.54) is 6.08 Å². The first-order valence-corrected chi connectivity index (χ1v) is 4.23. The second kappa shape index (κ2) is 4.45. The minimum atomic E-state index is -0.888. The van der Waals surface area contributed by atoms with Gasteiger partial charge in [-0.3, -0.25) is 0 Å². The SMILES string of the molecule is CC/C(=C\C(=O)O)c1ccccc1. The zero-order chi connectivity index (χ0) is 9.68. The van der Waals surface area contributed by atoms with Gasteiger partial charge in [-0.1, -0.05) is 37.3 Å². The molecule has 13 heavy (non-hydrogen) atoms. The highest BCUT2D eigenvalue weighted by Crippen LogP contribution is 2.16. The van der Waals surface area contributed by atoms with E-state index in [4.69, 9.17) is 5.11 Å². The van der Waals surface area contributed by atoms with Gasteiger partial charge in [0, 0.05) is 6.08 Å². The van der Waals surface area contributed by atoms with Crippen LogP contribution >= 0.6 is 0 Å². The molecule has 0 aliphatic carbocycles. The van der Waals surface area contributed by atoms with Crippen molar-refractivity contribution in [3.8, 4) is 0 Å². The molecular weight excluding hydrogens is 164 g/mol. The van der Waals surface area contributed by atoms with Gasteiger partial charge >= 0.3 is 5.97 Å². The van der Waals surface area contributed by atoms with Crippen molar-refractivity contribution in [1.82, 2.24) is 0 Å². The number of allylic oxidation sites excluding steroid dienone is 1. The molecule has 0 atom stereocenters. The van der Waals surface area contributed by atoms with Gasteiger partial charge in [0.1, 0.15) is 0 Å². The molecule has 0 aromatic heterocycles. The van der Waals surface area contributed by atoms with Gasteiger partial charge in [0.05, 0.1) is 0 Å². The van der Waals surface area contributed by atoms with Crippen LogP contribution < -0.4 is 0 Å². The number of hydrogen-bond donors (Lipinski definition) is 1. The average molecular weight is 176 g/mol. The van der Waals surface area contributed by atoms with E-state index >= 15 is 0 Å². The molecule has 0 amide bonds. The Morgan fingerprint density at radius 1 is 1.38 bits per heavy atom. The third kappa shape index (κ3) is 2.75. The summed E-state index contributed by atoms with van der Waals surface area (Å²) in [5, 5.41) is 8.60. The van der Waals surface area contributed by atoms with Crippen LogP contribution in [0.1, 0.15) is 18.9 Å². The normalized spacial score (nSPS) is 11.3. The fraction of sp³-hybridized carbons (Fsp3) is 0.182. The predicted molar refractivity (Wildman–Crippen MR) is 52.3 cm³/mol. The lowest BCUT2D eigenvalue weighted by atomic mass is 10.0. The number of hydrogen-bond acceptors (Lipinski definition) is 1. The Labute approximate surface area is 77.5 Å². The highest BCUT2D eigenvalue weighted by molar-refractivity contribution is 5.89. The molecule has 1 aromatic rings. The summed E-state index contributed by atoms with van der Waals surface area (Å²) in [4.78, 5) is 10.5. The third-order valence-electron chi connectivity index (χ3n) is 1.82. The lowest BCUT2D eigenvalue weighted by molar-refractivity contribution is -0.131. The molecule has 2 heteroatoms. The van der Waals surface area contributed by atoms with Crippen LogP contribution in [0.25, 0.3) is 5.57 Å². The van der Waals surface area contributed by atoms with Gasteiger partial charge < -0.3 is 5.11 Å². The van der Waals surface area contributed by atoms with Gasteiger partial charge in [-0.15, -0.1) is 0 Å². The summed E-state index contributed by atoms with van der Waals surface area (Å²) in [5.74, 6) is -0.888. The summed E-state index contributed by atoms with van der Waals surface area (Å²) in [5.41, 5.74) is 1.83. The predicted octanol–water partition coefficient (Wildman–Crippen LogP) is 2.56. The van der Waals surface area contributed by atoms with Crippen molar-refractivity contribution in [3.63, 3.8) is 0 Å². The smallest absolute Gasteiger partial charge is 0.328 e. The molecule has 2 nitrogen and oxygen atoms in total. The second-order valence-electron chi connectivity index (χ2n) is 2.73. The summed E-state index contributed by atoms with van der Waals surface area (Å²) in [7, 11) is 0. The highest BCUT2D eigenvalue weighted by atomic mass is 16.4. The van der Waals surface area contributed by atoms with Crippen molar-refractivity contribution >= 4 is 11.5 Å². The fourth-order valence-corrected chi connectivity index (χ4v) is 1.19. The number of carbonyl (C=O) groups is 1. The van der Waals surface area contributed by atoms with Gasteiger partial charge in [0.25, 0.3) is 0 Å². The third-order valence-corrected chi connectivity index (χ3v) is 1.82. The monoisotopic (exact) mass is 176 g/mol. The summed E-state index contributed by atoms with van der Waals surface area (Å²) in [6.07, 6.45) is 1.99. The first kappa shape index (κ1) is 9.52. The number of carboxylic acid groups (broad SMARTS) is 1. The van der Waals surface area contributed by atoms with Crippen molar-refractivity contribution in [1.29, 1.82) is 0 Å². The Morgan fingerprint density at radius 2 is 2.00 bits per heavy atom. The van der Waals surface area contributed by atoms with E-state index in [1.807, 2.05) is 37.3 Å². The van der Waals surface area contributed by atoms with Crippen molar-refractivity contribution in [2.24, 2.45) is 0 Å². The van der Waals surface area contributed by atoms with Crippen LogP contribution in [-0.4, -0.2) is 11.1 Å². The molecule has 0 radical (unpaired) electrons. The highest BCUT2D eigenvalue weighted by Gasteiger charge is 1.99. The van der Waals surface area contributed by atoms with Crippen molar-refractivity contribution in [2.75, 3.05) is 0 Å². The van der Waals surface area contributed by atoms with Crippen molar-refractivity contribution in [3.05, 3.63) is 42.0 Å². The minimum absolute atomic E-state index is 0.732. The van der Waals surface area contributed by atoms with E-state index in [1.54, 1.807) is 0 Å². The lowest BCUT2D eigenvalue weighted by Gasteiger charge is -2.02. The number of carboxylic acids is 1. The van der Waals surface area contributed by atoms with E-state index in [9.17, 15) is 4.79 Å². The molecule has 0 aliphatic heterocycles. The van der Waals surface area contributed by atoms with Gasteiger partial charge in [0.2, 0.25) is 0 Å². The van der Waals surface area contributed by atoms with E-state index < -0.39 is 5.97 Å². The van der Waals surface area contributed by atoms with Crippen molar-refractivity contribution in [2.45, 2.75) is 13.3 Å². The zero-order valence-corrected chi connectivity index (χ0v) is 7.53. The molecule has 0 fully saturated rings. The van der Waals surface area contributed by atoms with Crippen LogP contribution in [0, 0.1) is 0 Å². The minimum Gasteiger partial charge on any atom is -0.478 e. The Balaban J connectivity index is 2.98. The molecular formula is C11H12O2. The molecule has 0 unspecified atom stereocenters. The largest absolute Gasteiger partial charge is 0.478 e. The van der Waals surface area contributed by atoms with Gasteiger partial charge in [-0.25, -0.2) is 4.79 Å². The lowest BCUT2D eigenvalue weighted by Crippen LogP contribution is -1.91. The Morgan fingerprint density at radius 3 is 2.46 bits per heavy atom. The Hall–Kier alpha value is -1.57. The molecule has 0 aliphatic rings. The van der Waals surface area contributed by atoms with Crippen LogP contribution in [0.2, 0.25) is 0 Å². The van der Waals surface area contributed by atoms with Crippen molar-refractivity contribution < 1.29 is 9.90 Å². The molecule has 0 bridgehead atoms. The molecule has 1 N–H and O–H groups in total. The molecule has 68 valence electrons. The molecule has 0 saturated carbocycles.